The Hall–Kier alpha value is -1.24. The maximum absolute atomic E-state index is 12.6. The molecule has 1 rings (SSSR count). The molecule has 0 radical (unpaired) electrons. The van der Waals surface area contributed by atoms with Crippen LogP contribution in [0.3, 0.4) is 0 Å². The molecule has 1 aliphatic heterocycles. The summed E-state index contributed by atoms with van der Waals surface area (Å²) in [6.07, 6.45) is 0.298. The van der Waals surface area contributed by atoms with E-state index in [1.165, 1.54) is 0 Å². The average Bonchev–Trinajstić information content (AvgIpc) is 2.86. The van der Waals surface area contributed by atoms with E-state index < -0.39 is 12.0 Å². The molecule has 114 valence electrons. The summed E-state index contributed by atoms with van der Waals surface area (Å²) in [4.78, 5) is 38.2. The minimum absolute atomic E-state index is 0.0321. The monoisotopic (exact) mass is 302 g/mol. The van der Waals surface area contributed by atoms with Crippen molar-refractivity contribution in [3.05, 3.63) is 0 Å². The van der Waals surface area contributed by atoms with E-state index >= 15 is 0 Å². The van der Waals surface area contributed by atoms with Crippen molar-refractivity contribution in [2.75, 3.05) is 18.2 Å². The third-order valence-corrected chi connectivity index (χ3v) is 4.28. The normalized spacial score (nSPS) is 18.4. The maximum Gasteiger partial charge on any atom is 0.305 e. The molecule has 1 atom stereocenters. The van der Waals surface area contributed by atoms with Gasteiger partial charge in [0.1, 0.15) is 6.04 Å². The number of carbonyl (C=O) groups is 3. The van der Waals surface area contributed by atoms with E-state index in [0.29, 0.717) is 18.1 Å². The van der Waals surface area contributed by atoms with Crippen LogP contribution in [0.1, 0.15) is 33.6 Å². The molecule has 0 saturated carbocycles. The molecule has 20 heavy (non-hydrogen) atoms. The van der Waals surface area contributed by atoms with Crippen molar-refractivity contribution >= 4 is 29.5 Å². The van der Waals surface area contributed by atoms with E-state index in [1.807, 2.05) is 13.8 Å². The highest BCUT2D eigenvalue weighted by Gasteiger charge is 2.37. The minimum Gasteiger partial charge on any atom is -0.481 e. The lowest BCUT2D eigenvalue weighted by Crippen LogP contribution is -2.51. The maximum atomic E-state index is 12.6. The van der Waals surface area contributed by atoms with Crippen LogP contribution < -0.4 is 0 Å². The van der Waals surface area contributed by atoms with E-state index in [0.717, 1.165) is 0 Å². The summed E-state index contributed by atoms with van der Waals surface area (Å²) in [5.41, 5.74) is 0. The van der Waals surface area contributed by atoms with Crippen molar-refractivity contribution in [3.8, 4) is 0 Å². The Balaban J connectivity index is 2.77. The van der Waals surface area contributed by atoms with Crippen molar-refractivity contribution in [1.82, 2.24) is 9.80 Å². The predicted octanol–water partition coefficient (Wildman–Crippen LogP) is 1.01. The standard InChI is InChI=1S/C13H22N2O4S/c1-4-11(16)15-8-20-7-10(15)13(19)14(9(2)3)6-5-12(17)18/h9-10H,4-8H2,1-3H3,(H,17,18). The zero-order valence-corrected chi connectivity index (χ0v) is 13.0. The van der Waals surface area contributed by atoms with E-state index in [9.17, 15) is 14.4 Å². The average molecular weight is 302 g/mol. The van der Waals surface area contributed by atoms with Gasteiger partial charge in [-0.15, -0.1) is 11.8 Å². The van der Waals surface area contributed by atoms with Crippen LogP contribution in [-0.4, -0.2) is 62.9 Å². The van der Waals surface area contributed by atoms with Gasteiger partial charge in [-0.05, 0) is 13.8 Å². The van der Waals surface area contributed by atoms with Crippen molar-refractivity contribution in [1.29, 1.82) is 0 Å². The molecule has 0 bridgehead atoms. The fraction of sp³-hybridized carbons (Fsp3) is 0.769. The Morgan fingerprint density at radius 2 is 2.05 bits per heavy atom. The highest BCUT2D eigenvalue weighted by Crippen LogP contribution is 2.24. The van der Waals surface area contributed by atoms with E-state index in [1.54, 1.807) is 28.5 Å². The molecule has 1 heterocycles. The highest BCUT2D eigenvalue weighted by molar-refractivity contribution is 7.99. The van der Waals surface area contributed by atoms with Crippen molar-refractivity contribution < 1.29 is 19.5 Å². The molecule has 1 N–H and O–H groups in total. The molecule has 1 saturated heterocycles. The van der Waals surface area contributed by atoms with Gasteiger partial charge in [0.2, 0.25) is 11.8 Å². The minimum atomic E-state index is -0.925. The van der Waals surface area contributed by atoms with E-state index in [2.05, 4.69) is 0 Å². The summed E-state index contributed by atoms with van der Waals surface area (Å²) in [5.74, 6) is 0.0171. The number of aliphatic carboxylic acids is 1. The number of amides is 2. The molecule has 1 unspecified atom stereocenters. The van der Waals surface area contributed by atoms with Gasteiger partial charge >= 0.3 is 5.97 Å². The topological polar surface area (TPSA) is 77.9 Å². The number of nitrogens with zero attached hydrogens (tertiary/aromatic N) is 2. The number of carboxylic acids is 1. The van der Waals surface area contributed by atoms with E-state index in [-0.39, 0.29) is 30.8 Å². The van der Waals surface area contributed by atoms with Gasteiger partial charge in [-0.25, -0.2) is 0 Å². The third-order valence-electron chi connectivity index (χ3n) is 3.26. The smallest absolute Gasteiger partial charge is 0.305 e. The zero-order chi connectivity index (χ0) is 15.3. The first kappa shape index (κ1) is 16.8. The molecule has 6 nitrogen and oxygen atoms in total. The van der Waals surface area contributed by atoms with Crippen LogP contribution in [0.15, 0.2) is 0 Å². The number of carbonyl (C=O) groups excluding carboxylic acids is 2. The Bertz CT molecular complexity index is 387. The highest BCUT2D eigenvalue weighted by atomic mass is 32.2. The summed E-state index contributed by atoms with van der Waals surface area (Å²) in [5, 5.41) is 8.76. The van der Waals surface area contributed by atoms with Crippen LogP contribution >= 0.6 is 11.8 Å². The molecule has 0 spiro atoms. The second-order valence-electron chi connectivity index (χ2n) is 5.00. The summed E-state index contributed by atoms with van der Waals surface area (Å²) in [6, 6.07) is -0.533. The summed E-state index contributed by atoms with van der Waals surface area (Å²) < 4.78 is 0. The van der Waals surface area contributed by atoms with Crippen LogP contribution in [-0.2, 0) is 14.4 Å². The van der Waals surface area contributed by atoms with Gasteiger partial charge in [0.05, 0.1) is 12.3 Å². The fourth-order valence-corrected chi connectivity index (χ4v) is 3.30. The van der Waals surface area contributed by atoms with Gasteiger partial charge in [0.15, 0.2) is 0 Å². The first-order valence-electron chi connectivity index (χ1n) is 6.78. The lowest BCUT2D eigenvalue weighted by molar-refractivity contribution is -0.145. The quantitative estimate of drug-likeness (QED) is 0.792. The van der Waals surface area contributed by atoms with Gasteiger partial charge in [0.25, 0.3) is 0 Å². The molecule has 0 aromatic carbocycles. The summed E-state index contributed by atoms with van der Waals surface area (Å²) in [6.45, 7) is 5.67. The summed E-state index contributed by atoms with van der Waals surface area (Å²) >= 11 is 1.56. The van der Waals surface area contributed by atoms with Gasteiger partial charge in [-0.2, -0.15) is 0 Å². The number of carboxylic acid groups (broad SMARTS) is 1. The predicted molar refractivity (Wildman–Crippen MR) is 77.4 cm³/mol. The molecular formula is C13H22N2O4S. The Morgan fingerprint density at radius 1 is 1.40 bits per heavy atom. The number of hydrogen-bond acceptors (Lipinski definition) is 4. The van der Waals surface area contributed by atoms with Crippen LogP contribution in [0.2, 0.25) is 0 Å². The van der Waals surface area contributed by atoms with Gasteiger partial charge in [-0.3, -0.25) is 14.4 Å². The second kappa shape index (κ2) is 7.52. The molecule has 2 amide bonds. The second-order valence-corrected chi connectivity index (χ2v) is 6.00. The number of thioether (sulfide) groups is 1. The molecule has 0 aliphatic carbocycles. The van der Waals surface area contributed by atoms with Crippen LogP contribution in [0.4, 0.5) is 0 Å². The molecule has 0 aromatic heterocycles. The number of rotatable bonds is 6. The molecule has 1 aliphatic rings. The Morgan fingerprint density at radius 3 is 2.55 bits per heavy atom. The Labute approximate surface area is 123 Å². The van der Waals surface area contributed by atoms with Gasteiger partial charge in [0, 0.05) is 24.8 Å². The van der Waals surface area contributed by atoms with Crippen LogP contribution in [0, 0.1) is 0 Å². The van der Waals surface area contributed by atoms with Gasteiger partial charge < -0.3 is 14.9 Å². The molecule has 1 fully saturated rings. The SMILES string of the molecule is CCC(=O)N1CSCC1C(=O)N(CCC(=O)O)C(C)C. The van der Waals surface area contributed by atoms with Crippen molar-refractivity contribution in [2.24, 2.45) is 0 Å². The van der Waals surface area contributed by atoms with E-state index in [4.69, 9.17) is 5.11 Å². The number of hydrogen-bond donors (Lipinski definition) is 1. The zero-order valence-electron chi connectivity index (χ0n) is 12.2. The largest absolute Gasteiger partial charge is 0.481 e. The first-order chi connectivity index (χ1) is 9.38. The summed E-state index contributed by atoms with van der Waals surface area (Å²) in [7, 11) is 0. The lowest BCUT2D eigenvalue weighted by atomic mass is 10.2. The lowest BCUT2D eigenvalue weighted by Gasteiger charge is -2.32. The van der Waals surface area contributed by atoms with Crippen LogP contribution in [0.5, 0.6) is 0 Å². The van der Waals surface area contributed by atoms with Crippen LogP contribution in [0.25, 0.3) is 0 Å². The van der Waals surface area contributed by atoms with Crippen molar-refractivity contribution in [2.45, 2.75) is 45.7 Å². The Kier molecular flexibility index (Phi) is 6.32. The molecule has 7 heteroatoms. The van der Waals surface area contributed by atoms with Crippen molar-refractivity contribution in [3.63, 3.8) is 0 Å². The first-order valence-corrected chi connectivity index (χ1v) is 7.93. The third kappa shape index (κ3) is 4.13. The molecular weight excluding hydrogens is 280 g/mol. The molecule has 0 aromatic rings. The fourth-order valence-electron chi connectivity index (χ4n) is 2.13. The van der Waals surface area contributed by atoms with Gasteiger partial charge in [-0.1, -0.05) is 6.92 Å².